The van der Waals surface area contributed by atoms with Gasteiger partial charge in [-0.05, 0) is 35.0 Å². The van der Waals surface area contributed by atoms with Crippen LogP contribution in [0.2, 0.25) is 0 Å². The van der Waals surface area contributed by atoms with Crippen LogP contribution in [0.25, 0.3) is 21.5 Å². The first-order valence-corrected chi connectivity index (χ1v) is 13.4. The zero-order chi connectivity index (χ0) is 24.9. The molecule has 0 atom stereocenters. The van der Waals surface area contributed by atoms with Crippen LogP contribution >= 0.6 is 0 Å². The number of azo groups is 1. The summed E-state index contributed by atoms with van der Waals surface area (Å²) in [5.41, 5.74) is -1.06. The molecule has 0 saturated carbocycles. The van der Waals surface area contributed by atoms with Crippen molar-refractivity contribution in [3.05, 3.63) is 66.7 Å². The fourth-order valence-corrected chi connectivity index (χ4v) is 5.34. The van der Waals surface area contributed by atoms with Crippen molar-refractivity contribution in [3.63, 3.8) is 0 Å². The molecule has 0 N–H and O–H groups in total. The summed E-state index contributed by atoms with van der Waals surface area (Å²) < 4.78 is 106. The Morgan fingerprint density at radius 1 is 0.568 bits per heavy atom. The van der Waals surface area contributed by atoms with Gasteiger partial charge < -0.3 is 13.7 Å². The van der Waals surface area contributed by atoms with Crippen molar-refractivity contribution in [1.82, 2.24) is 0 Å². The molecule has 0 radical (unpaired) electrons. The third kappa shape index (κ3) is 7.68. The first-order valence-electron chi connectivity index (χ1n) is 9.15. The molecule has 11 nitrogen and oxygen atoms in total. The summed E-state index contributed by atoms with van der Waals surface area (Å²) in [6.07, 6.45) is 0. The normalized spacial score (nSPS) is 12.1. The van der Waals surface area contributed by atoms with E-state index in [-0.39, 0.29) is 105 Å². The molecule has 4 aromatic rings. The first kappa shape index (κ1) is 34.8. The second-order valence-electron chi connectivity index (χ2n) is 6.99. The van der Waals surface area contributed by atoms with E-state index in [0.29, 0.717) is 5.39 Å². The van der Waals surface area contributed by atoms with Crippen LogP contribution in [0, 0.1) is 0 Å². The fraction of sp³-hybridized carbons (Fsp3) is 0. The molecule has 0 fully saturated rings. The van der Waals surface area contributed by atoms with Crippen molar-refractivity contribution >= 4 is 63.3 Å². The Balaban J connectivity index is 0.00000228. The topological polar surface area (TPSA) is 196 Å². The van der Waals surface area contributed by atoms with Crippen LogP contribution in [0.5, 0.6) is 0 Å². The van der Waals surface area contributed by atoms with Crippen LogP contribution in [0.4, 0.5) is 11.4 Å². The SMILES string of the molecule is O=S(=O)([O-])c1ccc2ccc(S(=O)(=O)[O-])c(N=Nc3ccc4ccccc4c3S(=O)(=O)[O-])c2c1.[Na+].[Na+].[Na+]. The molecular weight excluding hydrogens is 577 g/mol. The summed E-state index contributed by atoms with van der Waals surface area (Å²) in [6, 6.07) is 13.8. The molecule has 176 valence electrons. The molecule has 0 aliphatic heterocycles. The molecule has 17 heteroatoms. The number of nitrogens with zero attached hydrogens (tertiary/aromatic N) is 2. The monoisotopic (exact) mass is 588 g/mol. The van der Waals surface area contributed by atoms with Crippen LogP contribution in [0.3, 0.4) is 0 Å². The Morgan fingerprint density at radius 2 is 1.14 bits per heavy atom. The Kier molecular flexibility index (Phi) is 12.1. The molecule has 0 saturated heterocycles. The summed E-state index contributed by atoms with van der Waals surface area (Å²) >= 11 is 0. The smallest absolute Gasteiger partial charge is 0.744 e. The van der Waals surface area contributed by atoms with E-state index in [1.54, 1.807) is 12.1 Å². The number of fused-ring (bicyclic) bond motifs is 2. The van der Waals surface area contributed by atoms with Gasteiger partial charge >= 0.3 is 88.7 Å². The van der Waals surface area contributed by atoms with Gasteiger partial charge in [0.25, 0.3) is 0 Å². The van der Waals surface area contributed by atoms with Crippen LogP contribution < -0.4 is 88.7 Å². The van der Waals surface area contributed by atoms with Gasteiger partial charge in [-0.15, -0.1) is 10.2 Å². The van der Waals surface area contributed by atoms with E-state index in [1.165, 1.54) is 36.4 Å². The van der Waals surface area contributed by atoms with Crippen molar-refractivity contribution in [2.75, 3.05) is 0 Å². The molecule has 0 aliphatic carbocycles. The van der Waals surface area contributed by atoms with Gasteiger partial charge in [0.1, 0.15) is 41.7 Å². The largest absolute Gasteiger partial charge is 1.00 e. The first-order chi connectivity index (χ1) is 15.8. The average Bonchev–Trinajstić information content (AvgIpc) is 2.74. The van der Waals surface area contributed by atoms with E-state index in [9.17, 15) is 38.9 Å². The standard InChI is InChI=1S/C20H14N2O9S3.3Na/c23-32(24,25)14-8-5-13-7-10-18(33(26,27)28)19(16(13)11-14)22-21-17-9-6-12-3-1-2-4-15(12)20(17)34(29,30)31;;;/h1-11H,(H,23,24,25)(H,26,27,28)(H,29,30,31);;;/q;3*+1/p-3. The third-order valence-corrected chi connectivity index (χ3v) is 7.48. The Hall–Kier alpha value is -0.270. The Bertz CT molecular complexity index is 1840. The molecule has 0 aliphatic rings. The fourth-order valence-electron chi connectivity index (χ4n) is 3.40. The second-order valence-corrected chi connectivity index (χ2v) is 11.0. The van der Waals surface area contributed by atoms with Crippen molar-refractivity contribution in [3.8, 4) is 0 Å². The Morgan fingerprint density at radius 3 is 1.73 bits per heavy atom. The predicted octanol–water partition coefficient (Wildman–Crippen LogP) is -5.87. The van der Waals surface area contributed by atoms with E-state index in [4.69, 9.17) is 0 Å². The quantitative estimate of drug-likeness (QED) is 0.124. The minimum atomic E-state index is -5.16. The maximum atomic E-state index is 12.0. The van der Waals surface area contributed by atoms with Crippen LogP contribution in [-0.4, -0.2) is 38.9 Å². The summed E-state index contributed by atoms with van der Waals surface area (Å²) in [5.74, 6) is 0. The summed E-state index contributed by atoms with van der Waals surface area (Å²) in [4.78, 5) is -2.33. The van der Waals surface area contributed by atoms with Crippen molar-refractivity contribution < 1.29 is 128 Å². The van der Waals surface area contributed by atoms with Gasteiger partial charge in [-0.3, -0.25) is 0 Å². The molecule has 0 heterocycles. The van der Waals surface area contributed by atoms with E-state index in [1.807, 2.05) is 0 Å². The second kappa shape index (κ2) is 12.9. The maximum absolute atomic E-state index is 12.0. The zero-order valence-corrected chi connectivity index (χ0v) is 28.1. The van der Waals surface area contributed by atoms with E-state index < -0.39 is 56.4 Å². The molecule has 0 aromatic heterocycles. The molecule has 0 bridgehead atoms. The molecule has 4 rings (SSSR count). The van der Waals surface area contributed by atoms with Crippen LogP contribution in [0.15, 0.2) is 91.6 Å². The van der Waals surface area contributed by atoms with Crippen molar-refractivity contribution in [2.24, 2.45) is 10.2 Å². The Labute approximate surface area is 278 Å². The van der Waals surface area contributed by atoms with Crippen molar-refractivity contribution in [1.29, 1.82) is 0 Å². The van der Waals surface area contributed by atoms with Crippen LogP contribution in [-0.2, 0) is 30.4 Å². The molecule has 0 amide bonds. The summed E-state index contributed by atoms with van der Waals surface area (Å²) in [5, 5.41) is 7.90. The third-order valence-electron chi connectivity index (χ3n) is 4.85. The maximum Gasteiger partial charge on any atom is 1.00 e. The molecule has 0 spiro atoms. The van der Waals surface area contributed by atoms with Gasteiger partial charge in [0.05, 0.1) is 14.7 Å². The van der Waals surface area contributed by atoms with E-state index in [2.05, 4.69) is 10.2 Å². The predicted molar refractivity (Wildman–Crippen MR) is 116 cm³/mol. The van der Waals surface area contributed by atoms with Gasteiger partial charge in [-0.25, -0.2) is 25.3 Å². The summed E-state index contributed by atoms with van der Waals surface area (Å²) in [7, 11) is -15.2. The van der Waals surface area contributed by atoms with Gasteiger partial charge in [0.2, 0.25) is 0 Å². The molecule has 4 aromatic carbocycles. The average molecular weight is 588 g/mol. The molecular formula is C20H11N2Na3O9S3. The molecule has 0 unspecified atom stereocenters. The molecule has 37 heavy (non-hydrogen) atoms. The van der Waals surface area contributed by atoms with E-state index in [0.717, 1.165) is 18.2 Å². The number of hydrogen-bond donors (Lipinski definition) is 0. The number of rotatable bonds is 5. The van der Waals surface area contributed by atoms with Crippen LogP contribution in [0.1, 0.15) is 0 Å². The van der Waals surface area contributed by atoms with Gasteiger partial charge in [-0.2, -0.15) is 0 Å². The number of benzene rings is 4. The minimum Gasteiger partial charge on any atom is -0.744 e. The zero-order valence-electron chi connectivity index (χ0n) is 19.6. The number of hydrogen-bond acceptors (Lipinski definition) is 11. The van der Waals surface area contributed by atoms with Gasteiger partial charge in [0, 0.05) is 10.8 Å². The van der Waals surface area contributed by atoms with Crippen molar-refractivity contribution in [2.45, 2.75) is 14.7 Å². The van der Waals surface area contributed by atoms with E-state index >= 15 is 0 Å². The summed E-state index contributed by atoms with van der Waals surface area (Å²) in [6.45, 7) is 0. The van der Waals surface area contributed by atoms with Gasteiger partial charge in [0.15, 0.2) is 0 Å². The van der Waals surface area contributed by atoms with Gasteiger partial charge in [-0.1, -0.05) is 42.5 Å². The minimum absolute atomic E-state index is 0.